The minimum absolute atomic E-state index is 0.109. The van der Waals surface area contributed by atoms with Gasteiger partial charge in [-0.05, 0) is 42.5 Å². The zero-order chi connectivity index (χ0) is 23.5. The van der Waals surface area contributed by atoms with Crippen LogP contribution < -0.4 is 21.1 Å². The number of hydrogen-bond acceptors (Lipinski definition) is 6. The zero-order valence-electron chi connectivity index (χ0n) is 15.8. The van der Waals surface area contributed by atoms with Gasteiger partial charge < -0.3 is 21.1 Å². The summed E-state index contributed by atoms with van der Waals surface area (Å²) in [7, 11) is 0. The molecule has 2 amide bonds. The molecule has 32 heavy (non-hydrogen) atoms. The number of urea groups is 1. The number of nitrogen functional groups attached to an aromatic ring is 1. The van der Waals surface area contributed by atoms with Crippen LogP contribution in [0, 0.1) is 10.1 Å². The molecule has 0 aliphatic rings. The number of pyridine rings is 1. The lowest BCUT2D eigenvalue weighted by Gasteiger charge is -2.12. The summed E-state index contributed by atoms with van der Waals surface area (Å²) in [5.74, 6) is -0.223. The number of nitrogens with one attached hydrogen (secondary N) is 2. The highest BCUT2D eigenvalue weighted by molar-refractivity contribution is 6.31. The van der Waals surface area contributed by atoms with E-state index < -0.39 is 33.4 Å². The smallest absolute Gasteiger partial charge is 0.417 e. The standard InChI is InChI=1S/C19H13ClF3N5O4/c20-14-6-3-11(9-13(14)19(21,22)23)27-18(29)26-10-1-4-12(5-2-10)32-15-7-8-25-17(24)16(15)28(30)31/h1-9H,(H2,24,25)(H2,26,27,29). The molecule has 0 spiro atoms. The molecule has 0 fully saturated rings. The fourth-order valence-corrected chi connectivity index (χ4v) is 2.79. The first-order chi connectivity index (χ1) is 15.0. The summed E-state index contributed by atoms with van der Waals surface area (Å²) < 4.78 is 44.2. The highest BCUT2D eigenvalue weighted by atomic mass is 35.5. The van der Waals surface area contributed by atoms with Gasteiger partial charge in [-0.25, -0.2) is 9.78 Å². The summed E-state index contributed by atoms with van der Waals surface area (Å²) in [5.41, 5.74) is 4.10. The Morgan fingerprint density at radius 1 is 1.09 bits per heavy atom. The molecular weight excluding hydrogens is 455 g/mol. The summed E-state index contributed by atoms with van der Waals surface area (Å²) in [6.45, 7) is 0. The number of alkyl halides is 3. The fraction of sp³-hybridized carbons (Fsp3) is 0.0526. The minimum Gasteiger partial charge on any atom is -0.450 e. The molecule has 0 bridgehead atoms. The molecule has 0 saturated heterocycles. The largest absolute Gasteiger partial charge is 0.450 e. The van der Waals surface area contributed by atoms with Crippen LogP contribution in [0.1, 0.15) is 5.56 Å². The Balaban J connectivity index is 1.67. The van der Waals surface area contributed by atoms with E-state index in [-0.39, 0.29) is 28.7 Å². The Labute approximate surface area is 183 Å². The topological polar surface area (TPSA) is 132 Å². The van der Waals surface area contributed by atoms with E-state index in [1.165, 1.54) is 42.6 Å². The van der Waals surface area contributed by atoms with E-state index in [0.717, 1.165) is 6.07 Å². The maximum absolute atomic E-state index is 12.9. The Morgan fingerprint density at radius 2 is 1.72 bits per heavy atom. The predicted molar refractivity (Wildman–Crippen MR) is 111 cm³/mol. The van der Waals surface area contributed by atoms with E-state index in [4.69, 9.17) is 22.1 Å². The SMILES string of the molecule is Nc1nccc(Oc2ccc(NC(=O)Nc3ccc(Cl)c(C(F)(F)F)c3)cc2)c1[N+](=O)[O-]. The van der Waals surface area contributed by atoms with Crippen molar-refractivity contribution < 1.29 is 27.6 Å². The van der Waals surface area contributed by atoms with Crippen LogP contribution in [0.15, 0.2) is 54.7 Å². The van der Waals surface area contributed by atoms with Crippen LogP contribution in [0.2, 0.25) is 5.02 Å². The van der Waals surface area contributed by atoms with Crippen molar-refractivity contribution in [3.8, 4) is 11.5 Å². The van der Waals surface area contributed by atoms with Gasteiger partial charge in [-0.2, -0.15) is 13.2 Å². The van der Waals surface area contributed by atoms with Crippen LogP contribution in [-0.4, -0.2) is 15.9 Å². The number of amides is 2. The summed E-state index contributed by atoms with van der Waals surface area (Å²) in [6.07, 6.45) is -3.42. The third-order valence-electron chi connectivity index (χ3n) is 3.97. The van der Waals surface area contributed by atoms with E-state index in [1.807, 2.05) is 0 Å². The average molecular weight is 468 g/mol. The number of ether oxygens (including phenoxy) is 1. The molecule has 0 aliphatic heterocycles. The van der Waals surface area contributed by atoms with Crippen molar-refractivity contribution in [3.63, 3.8) is 0 Å². The van der Waals surface area contributed by atoms with E-state index in [9.17, 15) is 28.1 Å². The number of nitro groups is 1. The molecule has 0 unspecified atom stereocenters. The molecule has 0 saturated carbocycles. The van der Waals surface area contributed by atoms with Crippen molar-refractivity contribution in [1.29, 1.82) is 0 Å². The number of nitrogens with zero attached hydrogens (tertiary/aromatic N) is 2. The van der Waals surface area contributed by atoms with Crippen LogP contribution in [-0.2, 0) is 6.18 Å². The van der Waals surface area contributed by atoms with Crippen molar-refractivity contribution in [2.75, 3.05) is 16.4 Å². The number of carbonyl (C=O) groups is 1. The van der Waals surface area contributed by atoms with Gasteiger partial charge in [-0.15, -0.1) is 0 Å². The van der Waals surface area contributed by atoms with E-state index in [2.05, 4.69) is 15.6 Å². The van der Waals surface area contributed by atoms with Gasteiger partial charge in [0.15, 0.2) is 0 Å². The van der Waals surface area contributed by atoms with Gasteiger partial charge in [0, 0.05) is 23.6 Å². The lowest BCUT2D eigenvalue weighted by atomic mass is 10.2. The first kappa shape index (κ1) is 22.6. The third kappa shape index (κ3) is 5.35. The highest BCUT2D eigenvalue weighted by Crippen LogP contribution is 2.36. The molecule has 1 aromatic heterocycles. The Kier molecular flexibility index (Phi) is 6.35. The van der Waals surface area contributed by atoms with Gasteiger partial charge in [0.2, 0.25) is 11.6 Å². The maximum atomic E-state index is 12.9. The molecule has 0 atom stereocenters. The van der Waals surface area contributed by atoms with E-state index in [0.29, 0.717) is 6.07 Å². The van der Waals surface area contributed by atoms with E-state index in [1.54, 1.807) is 0 Å². The number of nitrogens with two attached hydrogens (primary N) is 1. The molecule has 0 radical (unpaired) electrons. The third-order valence-corrected chi connectivity index (χ3v) is 4.30. The number of anilines is 3. The number of carbonyl (C=O) groups excluding carboxylic acids is 1. The second kappa shape index (κ2) is 8.98. The second-order valence-electron chi connectivity index (χ2n) is 6.20. The van der Waals surface area contributed by atoms with Crippen molar-refractivity contribution in [3.05, 3.63) is 75.4 Å². The fourth-order valence-electron chi connectivity index (χ4n) is 2.56. The molecule has 1 heterocycles. The first-order valence-corrected chi connectivity index (χ1v) is 9.04. The summed E-state index contributed by atoms with van der Waals surface area (Å²) in [4.78, 5) is 26.1. The van der Waals surface area contributed by atoms with Gasteiger partial charge in [0.1, 0.15) is 5.75 Å². The van der Waals surface area contributed by atoms with Crippen molar-refractivity contribution in [1.82, 2.24) is 4.98 Å². The number of hydrogen-bond donors (Lipinski definition) is 3. The zero-order valence-corrected chi connectivity index (χ0v) is 16.6. The van der Waals surface area contributed by atoms with Crippen LogP contribution >= 0.6 is 11.6 Å². The molecule has 3 aromatic rings. The molecule has 0 aliphatic carbocycles. The average Bonchev–Trinajstić information content (AvgIpc) is 2.70. The van der Waals surface area contributed by atoms with Gasteiger partial charge in [-0.1, -0.05) is 11.6 Å². The van der Waals surface area contributed by atoms with Gasteiger partial charge >= 0.3 is 17.9 Å². The van der Waals surface area contributed by atoms with Crippen molar-refractivity contribution >= 4 is 40.5 Å². The maximum Gasteiger partial charge on any atom is 0.417 e. The monoisotopic (exact) mass is 467 g/mol. The quantitative estimate of drug-likeness (QED) is 0.326. The lowest BCUT2D eigenvalue weighted by molar-refractivity contribution is -0.384. The number of halogens is 4. The Morgan fingerprint density at radius 3 is 2.34 bits per heavy atom. The Bertz CT molecular complexity index is 1170. The van der Waals surface area contributed by atoms with Crippen LogP contribution in [0.4, 0.5) is 40.8 Å². The van der Waals surface area contributed by atoms with Crippen LogP contribution in [0.3, 0.4) is 0 Å². The van der Waals surface area contributed by atoms with Crippen LogP contribution in [0.5, 0.6) is 11.5 Å². The normalized spacial score (nSPS) is 11.0. The molecule has 2 aromatic carbocycles. The minimum atomic E-state index is -4.67. The first-order valence-electron chi connectivity index (χ1n) is 8.66. The number of rotatable bonds is 5. The van der Waals surface area contributed by atoms with Crippen molar-refractivity contribution in [2.45, 2.75) is 6.18 Å². The Hall–Kier alpha value is -4.06. The molecule has 3 rings (SSSR count). The highest BCUT2D eigenvalue weighted by Gasteiger charge is 2.33. The predicted octanol–water partition coefficient (Wildman–Crippen LogP) is 5.68. The number of aromatic nitrogens is 1. The second-order valence-corrected chi connectivity index (χ2v) is 6.61. The van der Waals surface area contributed by atoms with Crippen molar-refractivity contribution in [2.24, 2.45) is 0 Å². The number of benzene rings is 2. The summed E-state index contributed by atoms with van der Waals surface area (Å²) >= 11 is 5.55. The lowest BCUT2D eigenvalue weighted by Crippen LogP contribution is -2.19. The molecule has 166 valence electrons. The molecular formula is C19H13ClF3N5O4. The molecule has 13 heteroatoms. The van der Waals surface area contributed by atoms with E-state index >= 15 is 0 Å². The summed E-state index contributed by atoms with van der Waals surface area (Å²) in [6, 6.07) is 9.12. The molecule has 9 nitrogen and oxygen atoms in total. The summed E-state index contributed by atoms with van der Waals surface area (Å²) in [5, 5.41) is 15.4. The molecule has 4 N–H and O–H groups in total. The van der Waals surface area contributed by atoms with Gasteiger partial charge in [0.05, 0.1) is 15.5 Å². The van der Waals surface area contributed by atoms with Gasteiger partial charge in [-0.3, -0.25) is 10.1 Å². The van der Waals surface area contributed by atoms with Crippen LogP contribution in [0.25, 0.3) is 0 Å². The van der Waals surface area contributed by atoms with Gasteiger partial charge in [0.25, 0.3) is 0 Å².